The lowest BCUT2D eigenvalue weighted by atomic mass is 10.1. The van der Waals surface area contributed by atoms with Crippen molar-refractivity contribution in [3.05, 3.63) is 54.2 Å². The van der Waals surface area contributed by atoms with E-state index in [2.05, 4.69) is 15.6 Å². The van der Waals surface area contributed by atoms with E-state index in [0.29, 0.717) is 19.6 Å². The summed E-state index contributed by atoms with van der Waals surface area (Å²) >= 11 is 1.04. The number of thioether (sulfide) groups is 1. The molecule has 2 heterocycles. The van der Waals surface area contributed by atoms with Crippen molar-refractivity contribution in [2.24, 2.45) is 0 Å². The first-order valence-corrected chi connectivity index (χ1v) is 8.47. The Balaban J connectivity index is 1.43. The molecule has 1 atom stereocenters. The van der Waals surface area contributed by atoms with Crippen molar-refractivity contribution in [2.75, 3.05) is 18.5 Å². The summed E-state index contributed by atoms with van der Waals surface area (Å²) in [5.74, 6) is 1.37. The molecule has 6 nitrogen and oxygen atoms in total. The molecule has 2 amide bonds. The number of carbonyl (C=O) groups is 2. The van der Waals surface area contributed by atoms with Crippen LogP contribution >= 0.6 is 11.8 Å². The maximum atomic E-state index is 11.6. The van der Waals surface area contributed by atoms with Crippen LogP contribution < -0.4 is 15.4 Å². The number of aromatic nitrogens is 1. The molecular weight excluding hydrogens is 326 g/mol. The average Bonchev–Trinajstić information content (AvgIpc) is 2.91. The summed E-state index contributed by atoms with van der Waals surface area (Å²) in [7, 11) is 0. The van der Waals surface area contributed by atoms with E-state index in [0.717, 1.165) is 28.9 Å². The van der Waals surface area contributed by atoms with E-state index in [4.69, 9.17) is 4.74 Å². The predicted molar refractivity (Wildman–Crippen MR) is 93.3 cm³/mol. The Kier molecular flexibility index (Phi) is 5.32. The number of rotatable bonds is 7. The second-order valence-electron chi connectivity index (χ2n) is 5.22. The summed E-state index contributed by atoms with van der Waals surface area (Å²) in [6.45, 7) is 1.17. The Hall–Kier alpha value is -2.54. The number of imide groups is 1. The van der Waals surface area contributed by atoms with Gasteiger partial charge in [0.25, 0.3) is 5.24 Å². The highest BCUT2D eigenvalue weighted by molar-refractivity contribution is 8.15. The summed E-state index contributed by atoms with van der Waals surface area (Å²) in [5.41, 5.74) is 0.997. The molecule has 7 heteroatoms. The van der Waals surface area contributed by atoms with Crippen LogP contribution in [0.5, 0.6) is 5.75 Å². The Morgan fingerprint density at radius 2 is 2.00 bits per heavy atom. The van der Waals surface area contributed by atoms with Gasteiger partial charge >= 0.3 is 0 Å². The minimum Gasteiger partial charge on any atom is -0.492 e. The van der Waals surface area contributed by atoms with Gasteiger partial charge < -0.3 is 10.1 Å². The lowest BCUT2D eigenvalue weighted by Crippen LogP contribution is -2.25. The molecular formula is C17H17N3O3S. The zero-order valence-electron chi connectivity index (χ0n) is 12.9. The van der Waals surface area contributed by atoms with Crippen LogP contribution in [0, 0.1) is 0 Å². The van der Waals surface area contributed by atoms with Crippen molar-refractivity contribution >= 4 is 28.7 Å². The van der Waals surface area contributed by atoms with E-state index in [1.165, 1.54) is 0 Å². The lowest BCUT2D eigenvalue weighted by Gasteiger charge is -2.09. The summed E-state index contributed by atoms with van der Waals surface area (Å²) in [5, 5.41) is 4.85. The Labute approximate surface area is 144 Å². The van der Waals surface area contributed by atoms with Gasteiger partial charge in [0.05, 0.1) is 11.8 Å². The highest BCUT2D eigenvalue weighted by Crippen LogP contribution is 2.23. The van der Waals surface area contributed by atoms with Crippen LogP contribution in [0.2, 0.25) is 0 Å². The highest BCUT2D eigenvalue weighted by Gasteiger charge is 2.31. The van der Waals surface area contributed by atoms with Crippen molar-refractivity contribution in [1.29, 1.82) is 0 Å². The predicted octanol–water partition coefficient (Wildman–Crippen LogP) is 2.47. The fourth-order valence-electron chi connectivity index (χ4n) is 2.28. The quantitative estimate of drug-likeness (QED) is 0.752. The second kappa shape index (κ2) is 7.83. The molecule has 0 saturated carbocycles. The lowest BCUT2D eigenvalue weighted by molar-refractivity contribution is -0.118. The van der Waals surface area contributed by atoms with E-state index >= 15 is 0 Å². The normalized spacial score (nSPS) is 16.8. The van der Waals surface area contributed by atoms with Crippen LogP contribution in [0.15, 0.2) is 48.7 Å². The van der Waals surface area contributed by atoms with Gasteiger partial charge in [-0.2, -0.15) is 0 Å². The third-order valence-electron chi connectivity index (χ3n) is 3.45. The molecule has 1 fully saturated rings. The van der Waals surface area contributed by atoms with Gasteiger partial charge in [-0.3, -0.25) is 14.9 Å². The largest absolute Gasteiger partial charge is 0.492 e. The van der Waals surface area contributed by atoms with Gasteiger partial charge in [-0.05, 0) is 36.2 Å². The molecule has 24 heavy (non-hydrogen) atoms. The molecule has 1 aliphatic rings. The number of pyridine rings is 1. The first-order valence-electron chi connectivity index (χ1n) is 7.59. The molecule has 1 aliphatic heterocycles. The monoisotopic (exact) mass is 343 g/mol. The summed E-state index contributed by atoms with van der Waals surface area (Å²) in [4.78, 5) is 26.9. The van der Waals surface area contributed by atoms with E-state index in [1.54, 1.807) is 6.20 Å². The van der Waals surface area contributed by atoms with Crippen LogP contribution in [0.25, 0.3) is 0 Å². The summed E-state index contributed by atoms with van der Waals surface area (Å²) in [6.07, 6.45) is 2.27. The molecule has 1 saturated heterocycles. The van der Waals surface area contributed by atoms with Crippen molar-refractivity contribution in [3.63, 3.8) is 0 Å². The van der Waals surface area contributed by atoms with Crippen LogP contribution in [0.3, 0.4) is 0 Å². The van der Waals surface area contributed by atoms with Crippen molar-refractivity contribution in [1.82, 2.24) is 10.3 Å². The van der Waals surface area contributed by atoms with Crippen LogP contribution in [0.4, 0.5) is 10.6 Å². The zero-order chi connectivity index (χ0) is 16.8. The molecule has 1 aromatic carbocycles. The molecule has 2 N–H and O–H groups in total. The van der Waals surface area contributed by atoms with Gasteiger partial charge in [-0.25, -0.2) is 4.98 Å². The topological polar surface area (TPSA) is 80.3 Å². The second-order valence-corrected chi connectivity index (χ2v) is 6.40. The van der Waals surface area contributed by atoms with E-state index in [1.807, 2.05) is 42.5 Å². The van der Waals surface area contributed by atoms with Gasteiger partial charge in [-0.15, -0.1) is 0 Å². The third-order valence-corrected chi connectivity index (χ3v) is 4.43. The zero-order valence-corrected chi connectivity index (χ0v) is 13.7. The highest BCUT2D eigenvalue weighted by atomic mass is 32.2. The number of carbonyl (C=O) groups excluding carboxylic acids is 2. The van der Waals surface area contributed by atoms with Gasteiger partial charge in [0.2, 0.25) is 5.91 Å². The molecule has 0 radical (unpaired) electrons. The Morgan fingerprint density at radius 1 is 1.17 bits per heavy atom. The fourth-order valence-corrected chi connectivity index (χ4v) is 3.14. The number of benzene rings is 1. The van der Waals surface area contributed by atoms with Gasteiger partial charge in [0.1, 0.15) is 18.2 Å². The number of anilines is 1. The molecule has 0 spiro atoms. The SMILES string of the molecule is O=C1NC(=O)[C@H](Cc2ccc(OCCNc3ccccn3)cc2)S1. The Bertz CT molecular complexity index is 707. The maximum Gasteiger partial charge on any atom is 0.286 e. The molecule has 124 valence electrons. The first kappa shape index (κ1) is 16.3. The summed E-state index contributed by atoms with van der Waals surface area (Å²) < 4.78 is 5.66. The number of amides is 2. The molecule has 3 rings (SSSR count). The minimum absolute atomic E-state index is 0.217. The van der Waals surface area contributed by atoms with Gasteiger partial charge in [0, 0.05) is 6.20 Å². The van der Waals surface area contributed by atoms with Crippen molar-refractivity contribution < 1.29 is 14.3 Å². The summed E-state index contributed by atoms with van der Waals surface area (Å²) in [6, 6.07) is 13.3. The van der Waals surface area contributed by atoms with Gasteiger partial charge in [-0.1, -0.05) is 30.0 Å². The molecule has 0 unspecified atom stereocenters. The smallest absolute Gasteiger partial charge is 0.286 e. The average molecular weight is 343 g/mol. The molecule has 0 bridgehead atoms. The number of hydrogen-bond acceptors (Lipinski definition) is 6. The van der Waals surface area contributed by atoms with E-state index in [-0.39, 0.29) is 16.4 Å². The van der Waals surface area contributed by atoms with Crippen LogP contribution in [-0.4, -0.2) is 34.5 Å². The van der Waals surface area contributed by atoms with E-state index < -0.39 is 0 Å². The number of nitrogens with zero attached hydrogens (tertiary/aromatic N) is 1. The Morgan fingerprint density at radius 3 is 2.67 bits per heavy atom. The van der Waals surface area contributed by atoms with Crippen LogP contribution in [0.1, 0.15) is 5.56 Å². The van der Waals surface area contributed by atoms with Crippen molar-refractivity contribution in [3.8, 4) is 5.75 Å². The maximum absolute atomic E-state index is 11.6. The van der Waals surface area contributed by atoms with Crippen LogP contribution in [-0.2, 0) is 11.2 Å². The molecule has 0 aliphatic carbocycles. The number of ether oxygens (including phenoxy) is 1. The minimum atomic E-state index is -0.341. The number of hydrogen-bond donors (Lipinski definition) is 2. The number of nitrogens with one attached hydrogen (secondary N) is 2. The molecule has 2 aromatic rings. The van der Waals surface area contributed by atoms with Crippen molar-refractivity contribution in [2.45, 2.75) is 11.7 Å². The first-order chi connectivity index (χ1) is 11.7. The van der Waals surface area contributed by atoms with Gasteiger partial charge in [0.15, 0.2) is 0 Å². The standard InChI is InChI=1S/C17H17N3O3S/c21-16-14(24-17(22)20-16)11-12-4-6-13(7-5-12)23-10-9-19-15-3-1-2-8-18-15/h1-8,14H,9-11H2,(H,18,19)(H,20,21,22)/t14-/m0/s1. The fraction of sp³-hybridized carbons (Fsp3) is 0.235. The molecule has 1 aromatic heterocycles. The third kappa shape index (κ3) is 4.48. The van der Waals surface area contributed by atoms with E-state index in [9.17, 15) is 9.59 Å².